The lowest BCUT2D eigenvalue weighted by atomic mass is 9.97. The third kappa shape index (κ3) is 3.58. The van der Waals surface area contributed by atoms with E-state index in [-0.39, 0.29) is 16.7 Å². The predicted octanol–water partition coefficient (Wildman–Crippen LogP) is 3.36. The highest BCUT2D eigenvalue weighted by atomic mass is 32.2. The van der Waals surface area contributed by atoms with Crippen LogP contribution in [0.25, 0.3) is 21.7 Å². The van der Waals surface area contributed by atoms with Crippen LogP contribution in [0.5, 0.6) is 0 Å². The molecule has 8 heteroatoms. The molecule has 1 saturated heterocycles. The molecule has 7 nitrogen and oxygen atoms in total. The van der Waals surface area contributed by atoms with Crippen molar-refractivity contribution in [2.45, 2.75) is 17.7 Å². The Hall–Kier alpha value is -3.23. The van der Waals surface area contributed by atoms with Crippen LogP contribution in [0.1, 0.15) is 12.8 Å². The Morgan fingerprint density at radius 1 is 1.00 bits per heavy atom. The number of amides is 1. The third-order valence-corrected chi connectivity index (χ3v) is 7.43. The molecular formula is C23H22N4O3S. The summed E-state index contributed by atoms with van der Waals surface area (Å²) in [5.41, 5.74) is 1.10. The topological polar surface area (TPSA) is 93.1 Å². The van der Waals surface area contributed by atoms with Crippen LogP contribution in [0, 0.1) is 5.92 Å². The first-order valence-electron chi connectivity index (χ1n) is 10.3. The highest BCUT2D eigenvalue weighted by molar-refractivity contribution is 7.90. The first kappa shape index (κ1) is 19.7. The van der Waals surface area contributed by atoms with Crippen LogP contribution in [0.4, 0.5) is 5.69 Å². The number of nitrogens with one attached hydrogen (secondary N) is 2. The standard InChI is InChI=1S/C23H22N4O3S/c28-23(17-10-12-24-13-11-17)26-19-8-9-21-18(14-19)15-25-27(21)31(29,30)22-7-3-5-16-4-1-2-6-20(16)22/h1-9,14-15,17,24H,10-13H2,(H,26,28). The molecule has 5 rings (SSSR count). The van der Waals surface area contributed by atoms with E-state index in [1.165, 1.54) is 6.20 Å². The fourth-order valence-electron chi connectivity index (χ4n) is 4.12. The van der Waals surface area contributed by atoms with Crippen LogP contribution in [0.3, 0.4) is 0 Å². The van der Waals surface area contributed by atoms with E-state index in [1.807, 2.05) is 24.3 Å². The molecule has 0 radical (unpaired) electrons. The van der Waals surface area contributed by atoms with Crippen molar-refractivity contribution < 1.29 is 13.2 Å². The first-order chi connectivity index (χ1) is 15.0. The molecule has 158 valence electrons. The largest absolute Gasteiger partial charge is 0.326 e. The number of anilines is 1. The first-order valence-corrected chi connectivity index (χ1v) is 11.7. The minimum atomic E-state index is -3.89. The van der Waals surface area contributed by atoms with Crippen molar-refractivity contribution in [2.75, 3.05) is 18.4 Å². The SMILES string of the molecule is O=C(Nc1ccc2c(cnn2S(=O)(=O)c2cccc3ccccc23)c1)C1CCNCC1. The average molecular weight is 435 g/mol. The van der Waals surface area contributed by atoms with Crippen molar-refractivity contribution >= 4 is 43.3 Å². The average Bonchev–Trinajstić information content (AvgIpc) is 3.23. The van der Waals surface area contributed by atoms with Crippen LogP contribution in [0.2, 0.25) is 0 Å². The summed E-state index contributed by atoms with van der Waals surface area (Å²) < 4.78 is 27.9. The second kappa shape index (κ2) is 7.79. The quantitative estimate of drug-likeness (QED) is 0.514. The Morgan fingerprint density at radius 3 is 2.61 bits per heavy atom. The molecule has 1 aliphatic rings. The molecule has 1 amide bonds. The van der Waals surface area contributed by atoms with Crippen molar-refractivity contribution in [1.82, 2.24) is 14.5 Å². The zero-order chi connectivity index (χ0) is 21.4. The highest BCUT2D eigenvalue weighted by Crippen LogP contribution is 2.28. The zero-order valence-electron chi connectivity index (χ0n) is 16.8. The Bertz CT molecular complexity index is 1380. The van der Waals surface area contributed by atoms with Crippen molar-refractivity contribution in [1.29, 1.82) is 0 Å². The van der Waals surface area contributed by atoms with Gasteiger partial charge in [-0.05, 0) is 55.6 Å². The number of piperidine rings is 1. The third-order valence-electron chi connectivity index (χ3n) is 5.77. The Labute approximate surface area is 180 Å². The van der Waals surface area contributed by atoms with E-state index < -0.39 is 10.0 Å². The molecule has 4 aromatic rings. The molecule has 31 heavy (non-hydrogen) atoms. The van der Waals surface area contributed by atoms with Gasteiger partial charge in [0.2, 0.25) is 5.91 Å². The second-order valence-corrected chi connectivity index (χ2v) is 9.49. The number of aromatic nitrogens is 2. The van der Waals surface area contributed by atoms with E-state index >= 15 is 0 Å². The van der Waals surface area contributed by atoms with Gasteiger partial charge in [-0.15, -0.1) is 0 Å². The number of nitrogens with zero attached hydrogens (tertiary/aromatic N) is 2. The smallest absolute Gasteiger partial charge is 0.284 e. The summed E-state index contributed by atoms with van der Waals surface area (Å²) in [6.45, 7) is 1.69. The number of carbonyl (C=O) groups excluding carboxylic acids is 1. The van der Waals surface area contributed by atoms with Crippen LogP contribution in [0.15, 0.2) is 71.8 Å². The fraction of sp³-hybridized carbons (Fsp3) is 0.217. The van der Waals surface area contributed by atoms with Crippen molar-refractivity contribution in [3.63, 3.8) is 0 Å². The van der Waals surface area contributed by atoms with Gasteiger partial charge in [0.25, 0.3) is 10.0 Å². The van der Waals surface area contributed by atoms with Gasteiger partial charge in [-0.25, -0.2) is 0 Å². The van der Waals surface area contributed by atoms with Crippen molar-refractivity contribution in [2.24, 2.45) is 5.92 Å². The molecular weight excluding hydrogens is 412 g/mol. The van der Waals surface area contributed by atoms with Gasteiger partial charge in [0.1, 0.15) is 0 Å². The second-order valence-electron chi connectivity index (χ2n) is 7.76. The van der Waals surface area contributed by atoms with Gasteiger partial charge >= 0.3 is 0 Å². The summed E-state index contributed by atoms with van der Waals surface area (Å²) in [6, 6.07) is 17.7. The lowest BCUT2D eigenvalue weighted by Gasteiger charge is -2.21. The number of carbonyl (C=O) groups is 1. The van der Waals surface area contributed by atoms with Crippen LogP contribution >= 0.6 is 0 Å². The van der Waals surface area contributed by atoms with Gasteiger partial charge in [0, 0.05) is 22.4 Å². The summed E-state index contributed by atoms with van der Waals surface area (Å²) >= 11 is 0. The van der Waals surface area contributed by atoms with Crippen LogP contribution in [-0.4, -0.2) is 36.6 Å². The van der Waals surface area contributed by atoms with E-state index in [0.29, 0.717) is 22.0 Å². The van der Waals surface area contributed by atoms with Crippen molar-refractivity contribution in [3.05, 3.63) is 66.9 Å². The Morgan fingerprint density at radius 2 is 1.77 bits per heavy atom. The maximum Gasteiger partial charge on any atom is 0.284 e. The molecule has 0 unspecified atom stereocenters. The highest BCUT2D eigenvalue weighted by Gasteiger charge is 2.24. The summed E-state index contributed by atoms with van der Waals surface area (Å²) in [5.74, 6) is -0.0111. The monoisotopic (exact) mass is 434 g/mol. The Balaban J connectivity index is 1.49. The van der Waals surface area contributed by atoms with Crippen LogP contribution in [-0.2, 0) is 14.8 Å². The van der Waals surface area contributed by atoms with Gasteiger partial charge in [0.15, 0.2) is 0 Å². The van der Waals surface area contributed by atoms with Gasteiger partial charge in [-0.1, -0.05) is 36.4 Å². The van der Waals surface area contributed by atoms with Gasteiger partial charge < -0.3 is 10.6 Å². The maximum absolute atomic E-state index is 13.4. The summed E-state index contributed by atoms with van der Waals surface area (Å²) in [5, 5.41) is 12.5. The molecule has 0 spiro atoms. The number of hydrogen-bond donors (Lipinski definition) is 2. The molecule has 3 aromatic carbocycles. The molecule has 2 heterocycles. The molecule has 1 aliphatic heterocycles. The number of benzene rings is 3. The minimum absolute atomic E-state index is 0.00313. The van der Waals surface area contributed by atoms with Crippen LogP contribution < -0.4 is 10.6 Å². The fourth-order valence-corrected chi connectivity index (χ4v) is 5.62. The normalized spacial score (nSPS) is 15.4. The lowest BCUT2D eigenvalue weighted by molar-refractivity contribution is -0.120. The van der Waals surface area contributed by atoms with E-state index in [4.69, 9.17) is 0 Å². The molecule has 2 N–H and O–H groups in total. The number of fused-ring (bicyclic) bond motifs is 2. The van der Waals surface area contributed by atoms with Crippen molar-refractivity contribution in [3.8, 4) is 0 Å². The predicted molar refractivity (Wildman–Crippen MR) is 120 cm³/mol. The number of hydrogen-bond acceptors (Lipinski definition) is 5. The van der Waals surface area contributed by atoms with E-state index in [9.17, 15) is 13.2 Å². The lowest BCUT2D eigenvalue weighted by Crippen LogP contribution is -2.34. The number of rotatable bonds is 4. The summed E-state index contributed by atoms with van der Waals surface area (Å²) in [6.07, 6.45) is 3.14. The minimum Gasteiger partial charge on any atom is -0.326 e. The summed E-state index contributed by atoms with van der Waals surface area (Å²) in [4.78, 5) is 12.7. The molecule has 1 fully saturated rings. The molecule has 0 bridgehead atoms. The van der Waals surface area contributed by atoms with Gasteiger partial charge in [-0.3, -0.25) is 4.79 Å². The Kier molecular flexibility index (Phi) is 4.95. The van der Waals surface area contributed by atoms with Gasteiger partial charge in [0.05, 0.1) is 16.6 Å². The summed E-state index contributed by atoms with van der Waals surface area (Å²) in [7, 11) is -3.89. The van der Waals surface area contributed by atoms with Gasteiger partial charge in [-0.2, -0.15) is 17.6 Å². The molecule has 1 aromatic heterocycles. The van der Waals surface area contributed by atoms with E-state index in [1.54, 1.807) is 36.4 Å². The molecule has 0 atom stereocenters. The van der Waals surface area contributed by atoms with E-state index in [2.05, 4.69) is 15.7 Å². The zero-order valence-corrected chi connectivity index (χ0v) is 17.6. The maximum atomic E-state index is 13.4. The van der Waals surface area contributed by atoms with E-state index in [0.717, 1.165) is 35.4 Å². The molecule has 0 saturated carbocycles. The molecule has 0 aliphatic carbocycles.